The molecule has 0 rings (SSSR count). The number of carbonyl (C=O) groups excluding carboxylic acids is 1. The molecule has 0 fully saturated rings. The first kappa shape index (κ1) is 13.4. The summed E-state index contributed by atoms with van der Waals surface area (Å²) < 4.78 is 0. The van der Waals surface area contributed by atoms with Crippen LogP contribution in [-0.2, 0) is 4.79 Å². The molecule has 1 nitrogen and oxygen atoms in total. The Balaban J connectivity index is 4.32. The van der Waals surface area contributed by atoms with E-state index in [0.717, 1.165) is 6.42 Å². The molecule has 0 saturated heterocycles. The van der Waals surface area contributed by atoms with Gasteiger partial charge < -0.3 is 0 Å². The predicted molar refractivity (Wildman–Crippen MR) is 62.3 cm³/mol. The lowest BCUT2D eigenvalue weighted by atomic mass is 9.74. The zero-order chi connectivity index (χ0) is 11.2. The highest BCUT2D eigenvalue weighted by Gasteiger charge is 2.28. The molecular weight excluding hydrogens is 172 g/mol. The zero-order valence-electron chi connectivity index (χ0n) is 10.3. The van der Waals surface area contributed by atoms with Gasteiger partial charge >= 0.3 is 0 Å². The fourth-order valence-electron chi connectivity index (χ4n) is 1.54. The van der Waals surface area contributed by atoms with Gasteiger partial charge in [-0.2, -0.15) is 0 Å². The van der Waals surface area contributed by atoms with Crippen LogP contribution in [0.2, 0.25) is 0 Å². The molecule has 82 valence electrons. The molecule has 0 unspecified atom stereocenters. The minimum absolute atomic E-state index is 0.130. The summed E-state index contributed by atoms with van der Waals surface area (Å²) >= 11 is 0. The molecule has 0 aliphatic heterocycles. The first-order valence-corrected chi connectivity index (χ1v) is 5.62. The van der Waals surface area contributed by atoms with Crippen LogP contribution in [0.5, 0.6) is 0 Å². The molecular formula is C13H24O. The van der Waals surface area contributed by atoms with Gasteiger partial charge in [-0.1, -0.05) is 46.6 Å². The lowest BCUT2D eigenvalue weighted by Gasteiger charge is -2.30. The van der Waals surface area contributed by atoms with E-state index < -0.39 is 0 Å². The van der Waals surface area contributed by atoms with Crippen molar-refractivity contribution in [1.82, 2.24) is 0 Å². The number of carbonyl (C=O) groups is 1. The van der Waals surface area contributed by atoms with Gasteiger partial charge in [0.2, 0.25) is 0 Å². The highest BCUT2D eigenvalue weighted by atomic mass is 16.1. The maximum absolute atomic E-state index is 11.7. The van der Waals surface area contributed by atoms with Crippen molar-refractivity contribution >= 4 is 5.78 Å². The molecule has 0 aromatic carbocycles. The molecule has 0 saturated carbocycles. The molecule has 0 aromatic rings. The summed E-state index contributed by atoms with van der Waals surface area (Å²) in [6.45, 7) is 10.5. The van der Waals surface area contributed by atoms with Crippen LogP contribution in [0, 0.1) is 11.3 Å². The molecule has 0 N–H and O–H groups in total. The molecule has 14 heavy (non-hydrogen) atoms. The van der Waals surface area contributed by atoms with E-state index in [-0.39, 0.29) is 17.1 Å². The fraction of sp³-hybridized carbons (Fsp3) is 0.769. The van der Waals surface area contributed by atoms with E-state index in [1.54, 1.807) is 6.08 Å². The number of ketones is 1. The Kier molecular flexibility index (Phi) is 5.75. The summed E-state index contributed by atoms with van der Waals surface area (Å²) in [5, 5.41) is 0. The van der Waals surface area contributed by atoms with Gasteiger partial charge in [0.25, 0.3) is 0 Å². The number of rotatable bonds is 6. The average molecular weight is 196 g/mol. The SMILES string of the molecule is C/C=C/C(=O)[C@H](C)C(C)(C)CCCC. The van der Waals surface area contributed by atoms with Crippen LogP contribution in [0.3, 0.4) is 0 Å². The van der Waals surface area contributed by atoms with E-state index in [4.69, 9.17) is 0 Å². The number of allylic oxidation sites excluding steroid dienone is 2. The van der Waals surface area contributed by atoms with Crippen molar-refractivity contribution < 1.29 is 4.79 Å². The largest absolute Gasteiger partial charge is 0.295 e. The number of unbranched alkanes of at least 4 members (excludes halogenated alkanes) is 1. The molecule has 0 radical (unpaired) electrons. The second-order valence-electron chi connectivity index (χ2n) is 4.72. The third kappa shape index (κ3) is 4.08. The standard InChI is InChI=1S/C13H24O/c1-6-8-10-13(4,5)11(3)12(14)9-7-2/h7,9,11H,6,8,10H2,1-5H3/b9-7+/t11-/m0/s1. The van der Waals surface area contributed by atoms with Crippen molar-refractivity contribution in [3.63, 3.8) is 0 Å². The Morgan fingerprint density at radius 3 is 2.43 bits per heavy atom. The Bertz CT molecular complexity index is 201. The maximum Gasteiger partial charge on any atom is 0.158 e. The molecule has 0 heterocycles. The minimum Gasteiger partial charge on any atom is -0.295 e. The molecule has 1 atom stereocenters. The number of hydrogen-bond donors (Lipinski definition) is 0. The first-order valence-electron chi connectivity index (χ1n) is 5.62. The van der Waals surface area contributed by atoms with Crippen LogP contribution in [0.1, 0.15) is 53.9 Å². The highest BCUT2D eigenvalue weighted by Crippen LogP contribution is 2.33. The molecule has 0 amide bonds. The van der Waals surface area contributed by atoms with Gasteiger partial charge in [0.15, 0.2) is 5.78 Å². The van der Waals surface area contributed by atoms with Crippen molar-refractivity contribution in [3.8, 4) is 0 Å². The van der Waals surface area contributed by atoms with Gasteiger partial charge in [-0.25, -0.2) is 0 Å². The van der Waals surface area contributed by atoms with Gasteiger partial charge in [0.1, 0.15) is 0 Å². The minimum atomic E-state index is 0.130. The van der Waals surface area contributed by atoms with Gasteiger partial charge in [0, 0.05) is 5.92 Å². The van der Waals surface area contributed by atoms with E-state index >= 15 is 0 Å². The summed E-state index contributed by atoms with van der Waals surface area (Å²) in [6, 6.07) is 0. The summed E-state index contributed by atoms with van der Waals surface area (Å²) in [4.78, 5) is 11.7. The lowest BCUT2D eigenvalue weighted by Crippen LogP contribution is -2.27. The molecule has 0 aromatic heterocycles. The van der Waals surface area contributed by atoms with Crippen LogP contribution < -0.4 is 0 Å². The molecule has 0 aliphatic rings. The zero-order valence-corrected chi connectivity index (χ0v) is 10.3. The van der Waals surface area contributed by atoms with Crippen molar-refractivity contribution in [2.75, 3.05) is 0 Å². The third-order valence-corrected chi connectivity index (χ3v) is 3.10. The fourth-order valence-corrected chi connectivity index (χ4v) is 1.54. The second kappa shape index (κ2) is 6.00. The van der Waals surface area contributed by atoms with Crippen LogP contribution in [-0.4, -0.2) is 5.78 Å². The molecule has 0 bridgehead atoms. The Hall–Kier alpha value is -0.590. The Morgan fingerprint density at radius 1 is 1.43 bits per heavy atom. The van der Waals surface area contributed by atoms with Crippen LogP contribution in [0.15, 0.2) is 12.2 Å². The van der Waals surface area contributed by atoms with Crippen molar-refractivity contribution in [3.05, 3.63) is 12.2 Å². The molecule has 0 aliphatic carbocycles. The van der Waals surface area contributed by atoms with Crippen molar-refractivity contribution in [2.45, 2.75) is 53.9 Å². The van der Waals surface area contributed by atoms with E-state index in [9.17, 15) is 4.79 Å². The van der Waals surface area contributed by atoms with Crippen molar-refractivity contribution in [1.29, 1.82) is 0 Å². The van der Waals surface area contributed by atoms with Gasteiger partial charge in [-0.3, -0.25) is 4.79 Å². The van der Waals surface area contributed by atoms with Crippen molar-refractivity contribution in [2.24, 2.45) is 11.3 Å². The lowest BCUT2D eigenvalue weighted by molar-refractivity contribution is -0.121. The smallest absolute Gasteiger partial charge is 0.158 e. The normalized spacial score (nSPS) is 14.6. The highest BCUT2D eigenvalue weighted by molar-refractivity contribution is 5.91. The van der Waals surface area contributed by atoms with Crippen LogP contribution in [0.4, 0.5) is 0 Å². The monoisotopic (exact) mass is 196 g/mol. The topological polar surface area (TPSA) is 17.1 Å². The van der Waals surface area contributed by atoms with Gasteiger partial charge in [-0.05, 0) is 24.8 Å². The summed E-state index contributed by atoms with van der Waals surface area (Å²) in [7, 11) is 0. The third-order valence-electron chi connectivity index (χ3n) is 3.10. The summed E-state index contributed by atoms with van der Waals surface area (Å²) in [6.07, 6.45) is 7.06. The van der Waals surface area contributed by atoms with E-state index in [1.165, 1.54) is 12.8 Å². The summed E-state index contributed by atoms with van der Waals surface area (Å²) in [5.41, 5.74) is 0.132. The number of hydrogen-bond acceptors (Lipinski definition) is 1. The Morgan fingerprint density at radius 2 is 2.00 bits per heavy atom. The van der Waals surface area contributed by atoms with Gasteiger partial charge in [0.05, 0.1) is 0 Å². The van der Waals surface area contributed by atoms with Crippen LogP contribution >= 0.6 is 0 Å². The summed E-state index contributed by atoms with van der Waals surface area (Å²) in [5.74, 6) is 0.388. The van der Waals surface area contributed by atoms with E-state index in [0.29, 0.717) is 0 Å². The Labute approximate surface area is 88.6 Å². The second-order valence-corrected chi connectivity index (χ2v) is 4.72. The van der Waals surface area contributed by atoms with Gasteiger partial charge in [-0.15, -0.1) is 0 Å². The van der Waals surface area contributed by atoms with E-state index in [2.05, 4.69) is 20.8 Å². The molecule has 1 heteroatoms. The van der Waals surface area contributed by atoms with Crippen LogP contribution in [0.25, 0.3) is 0 Å². The molecule has 0 spiro atoms. The average Bonchev–Trinajstić information content (AvgIpc) is 2.14. The first-order chi connectivity index (χ1) is 6.45. The quantitative estimate of drug-likeness (QED) is 0.587. The van der Waals surface area contributed by atoms with E-state index in [1.807, 2.05) is 19.9 Å². The predicted octanol–water partition coefficient (Wildman–Crippen LogP) is 3.98. The maximum atomic E-state index is 11.7.